The van der Waals surface area contributed by atoms with E-state index in [1.807, 2.05) is 11.1 Å². The maximum Gasteiger partial charge on any atom is 0.107 e. The van der Waals surface area contributed by atoms with Gasteiger partial charge in [0.1, 0.15) is 12.4 Å². The largest absolute Gasteiger partial charge is 0.379 e. The molecule has 1 rings (SSSR count). The monoisotopic (exact) mass is 210 g/mol. The third-order valence-electron chi connectivity index (χ3n) is 2.67. The molecule has 3 nitrogen and oxygen atoms in total. The van der Waals surface area contributed by atoms with Crippen molar-refractivity contribution in [1.82, 2.24) is 4.90 Å². The van der Waals surface area contributed by atoms with Crippen LogP contribution in [0.15, 0.2) is 17.1 Å². The van der Waals surface area contributed by atoms with Crippen molar-refractivity contribution >= 4 is 6.21 Å². The highest BCUT2D eigenvalue weighted by Gasteiger charge is 2.22. The number of unbranched alkanes of at least 4 members (excludes halogenated alkanes) is 2. The van der Waals surface area contributed by atoms with Gasteiger partial charge in [-0.3, -0.25) is 9.89 Å². The summed E-state index contributed by atoms with van der Waals surface area (Å²) in [5.41, 5.74) is 0. The number of aliphatic hydroxyl groups excluding tert-OH is 1. The van der Waals surface area contributed by atoms with E-state index in [1.165, 1.54) is 12.8 Å². The molecule has 0 bridgehead atoms. The molecule has 0 aromatic rings. The normalized spacial score (nSPS) is 24.1. The second kappa shape index (κ2) is 6.75. The standard InChI is InChI=1S/C12H22N2O/c1-3-4-5-6-7-8-12-13-9-10-14(12)11(2)15/h6-7,9,11-12,15H,3-5,8,10H2,1-2H3/b7-6+. The molecule has 0 radical (unpaired) electrons. The molecule has 0 aromatic heterocycles. The number of nitrogens with zero attached hydrogens (tertiary/aromatic N) is 2. The zero-order valence-electron chi connectivity index (χ0n) is 9.76. The average Bonchev–Trinajstić information content (AvgIpc) is 2.66. The number of rotatable bonds is 6. The first kappa shape index (κ1) is 12.4. The summed E-state index contributed by atoms with van der Waals surface area (Å²) < 4.78 is 0. The van der Waals surface area contributed by atoms with E-state index in [1.54, 1.807) is 6.92 Å². The molecular formula is C12H22N2O. The lowest BCUT2D eigenvalue weighted by molar-refractivity contribution is 0.0106. The zero-order chi connectivity index (χ0) is 11.1. The minimum Gasteiger partial charge on any atom is -0.379 e. The Labute approximate surface area is 92.5 Å². The summed E-state index contributed by atoms with van der Waals surface area (Å²) in [6, 6.07) is 0. The fourth-order valence-electron chi connectivity index (χ4n) is 1.73. The Hall–Kier alpha value is -0.670. The lowest BCUT2D eigenvalue weighted by Crippen LogP contribution is -2.37. The van der Waals surface area contributed by atoms with Crippen LogP contribution in [0.1, 0.15) is 39.5 Å². The smallest absolute Gasteiger partial charge is 0.107 e. The minimum atomic E-state index is -0.401. The first-order chi connectivity index (χ1) is 7.25. The third kappa shape index (κ3) is 4.14. The van der Waals surface area contributed by atoms with Crippen LogP contribution in [0.25, 0.3) is 0 Å². The van der Waals surface area contributed by atoms with Crippen LogP contribution >= 0.6 is 0 Å². The molecule has 2 unspecified atom stereocenters. The number of hydrogen-bond donors (Lipinski definition) is 1. The van der Waals surface area contributed by atoms with Crippen LogP contribution < -0.4 is 0 Å². The SMILES string of the molecule is CCCC/C=C/CC1N=CCN1C(C)O. The van der Waals surface area contributed by atoms with Crippen molar-refractivity contribution in [2.45, 2.75) is 51.9 Å². The number of allylic oxidation sites excluding steroid dienone is 1. The third-order valence-corrected chi connectivity index (χ3v) is 2.67. The predicted octanol–water partition coefficient (Wildman–Crippen LogP) is 2.17. The Morgan fingerprint density at radius 2 is 2.40 bits per heavy atom. The van der Waals surface area contributed by atoms with Gasteiger partial charge in [-0.2, -0.15) is 0 Å². The van der Waals surface area contributed by atoms with Gasteiger partial charge < -0.3 is 5.11 Å². The van der Waals surface area contributed by atoms with Crippen LogP contribution in [-0.4, -0.2) is 35.2 Å². The van der Waals surface area contributed by atoms with Gasteiger partial charge in [-0.1, -0.05) is 31.9 Å². The van der Waals surface area contributed by atoms with Crippen molar-refractivity contribution in [2.75, 3.05) is 6.54 Å². The first-order valence-corrected chi connectivity index (χ1v) is 5.86. The highest BCUT2D eigenvalue weighted by atomic mass is 16.3. The lowest BCUT2D eigenvalue weighted by Gasteiger charge is -2.24. The molecule has 0 aromatic carbocycles. The molecule has 0 amide bonds. The molecule has 0 saturated heterocycles. The van der Waals surface area contributed by atoms with Crippen molar-refractivity contribution < 1.29 is 5.11 Å². The van der Waals surface area contributed by atoms with Crippen LogP contribution in [0.5, 0.6) is 0 Å². The predicted molar refractivity (Wildman–Crippen MR) is 63.9 cm³/mol. The van der Waals surface area contributed by atoms with Gasteiger partial charge in [-0.25, -0.2) is 0 Å². The second-order valence-electron chi connectivity index (χ2n) is 3.99. The van der Waals surface area contributed by atoms with Crippen molar-refractivity contribution in [3.05, 3.63) is 12.2 Å². The molecular weight excluding hydrogens is 188 g/mol. The molecule has 0 aliphatic carbocycles. The number of hydrogen-bond acceptors (Lipinski definition) is 3. The lowest BCUT2D eigenvalue weighted by atomic mass is 10.2. The van der Waals surface area contributed by atoms with Crippen molar-refractivity contribution in [1.29, 1.82) is 0 Å². The van der Waals surface area contributed by atoms with Gasteiger partial charge in [-0.15, -0.1) is 0 Å². The highest BCUT2D eigenvalue weighted by Crippen LogP contribution is 2.13. The van der Waals surface area contributed by atoms with Gasteiger partial charge in [0.15, 0.2) is 0 Å². The number of aliphatic imine (C=N–C) groups is 1. The summed E-state index contributed by atoms with van der Waals surface area (Å²) >= 11 is 0. The highest BCUT2D eigenvalue weighted by molar-refractivity contribution is 5.62. The molecule has 1 aliphatic heterocycles. The van der Waals surface area contributed by atoms with E-state index < -0.39 is 6.23 Å². The van der Waals surface area contributed by atoms with Gasteiger partial charge in [0, 0.05) is 19.2 Å². The van der Waals surface area contributed by atoms with Crippen LogP contribution in [0.4, 0.5) is 0 Å². The van der Waals surface area contributed by atoms with Gasteiger partial charge in [0.05, 0.1) is 0 Å². The molecule has 1 heterocycles. The Morgan fingerprint density at radius 3 is 3.07 bits per heavy atom. The minimum absolute atomic E-state index is 0.142. The van der Waals surface area contributed by atoms with E-state index in [-0.39, 0.29) is 6.17 Å². The molecule has 15 heavy (non-hydrogen) atoms. The Morgan fingerprint density at radius 1 is 1.60 bits per heavy atom. The summed E-state index contributed by atoms with van der Waals surface area (Å²) in [5, 5.41) is 9.49. The van der Waals surface area contributed by atoms with Gasteiger partial charge in [0.25, 0.3) is 0 Å². The van der Waals surface area contributed by atoms with E-state index >= 15 is 0 Å². The topological polar surface area (TPSA) is 35.8 Å². The molecule has 0 saturated carbocycles. The molecule has 0 fully saturated rings. The maximum absolute atomic E-state index is 9.49. The fourth-order valence-corrected chi connectivity index (χ4v) is 1.73. The first-order valence-electron chi connectivity index (χ1n) is 5.86. The molecule has 2 atom stereocenters. The van der Waals surface area contributed by atoms with Crippen molar-refractivity contribution in [2.24, 2.45) is 4.99 Å². The number of aliphatic hydroxyl groups is 1. The van der Waals surface area contributed by atoms with E-state index in [9.17, 15) is 5.11 Å². The van der Waals surface area contributed by atoms with Gasteiger partial charge >= 0.3 is 0 Å². The van der Waals surface area contributed by atoms with E-state index in [0.29, 0.717) is 0 Å². The quantitative estimate of drug-likeness (QED) is 0.539. The summed E-state index contributed by atoms with van der Waals surface area (Å²) in [6.07, 6.45) is 10.6. The molecule has 0 spiro atoms. The summed E-state index contributed by atoms with van der Waals surface area (Å²) in [7, 11) is 0. The maximum atomic E-state index is 9.49. The summed E-state index contributed by atoms with van der Waals surface area (Å²) in [4.78, 5) is 6.34. The Bertz CT molecular complexity index is 224. The Kier molecular flexibility index (Phi) is 5.58. The summed E-state index contributed by atoms with van der Waals surface area (Å²) in [6.45, 7) is 4.76. The van der Waals surface area contributed by atoms with Gasteiger partial charge in [0.2, 0.25) is 0 Å². The second-order valence-corrected chi connectivity index (χ2v) is 3.99. The van der Waals surface area contributed by atoms with Crippen LogP contribution in [0.2, 0.25) is 0 Å². The Balaban J connectivity index is 2.25. The molecule has 86 valence electrons. The van der Waals surface area contributed by atoms with Crippen molar-refractivity contribution in [3.8, 4) is 0 Å². The molecule has 1 aliphatic rings. The molecule has 3 heteroatoms. The van der Waals surface area contributed by atoms with E-state index in [0.717, 1.165) is 19.4 Å². The summed E-state index contributed by atoms with van der Waals surface area (Å²) in [5.74, 6) is 0. The molecule has 1 N–H and O–H groups in total. The van der Waals surface area contributed by atoms with Gasteiger partial charge in [-0.05, 0) is 13.3 Å². The average molecular weight is 210 g/mol. The van der Waals surface area contributed by atoms with Crippen LogP contribution in [0, 0.1) is 0 Å². The van der Waals surface area contributed by atoms with E-state index in [4.69, 9.17) is 0 Å². The van der Waals surface area contributed by atoms with Crippen LogP contribution in [-0.2, 0) is 0 Å². The van der Waals surface area contributed by atoms with Crippen LogP contribution in [0.3, 0.4) is 0 Å². The zero-order valence-corrected chi connectivity index (χ0v) is 9.76. The van der Waals surface area contributed by atoms with Crippen molar-refractivity contribution in [3.63, 3.8) is 0 Å². The fraction of sp³-hybridized carbons (Fsp3) is 0.750. The van der Waals surface area contributed by atoms with E-state index in [2.05, 4.69) is 24.1 Å².